The molecule has 0 radical (unpaired) electrons. The second-order valence-electron chi connectivity index (χ2n) is 3.19. The van der Waals surface area contributed by atoms with Crippen LogP contribution in [0.25, 0.3) is 0 Å². The van der Waals surface area contributed by atoms with Gasteiger partial charge in [0.05, 0.1) is 4.90 Å². The number of thiol groups is 1. The van der Waals surface area contributed by atoms with E-state index < -0.39 is 21.7 Å². The second kappa shape index (κ2) is 11.4. The van der Waals surface area contributed by atoms with Crippen molar-refractivity contribution in [1.82, 2.24) is 0 Å². The topological polar surface area (TPSA) is 77.5 Å². The normalized spacial score (nSPS) is 9.30. The first-order chi connectivity index (χ1) is 9.09. The summed E-state index contributed by atoms with van der Waals surface area (Å²) in [5, 5.41) is 0. The molecular formula is C12H11KO5S2. The zero-order valence-corrected chi connectivity index (χ0v) is 15.5. The minimum atomic E-state index is -2.47. The molecule has 0 saturated carbocycles. The monoisotopic (exact) mass is 338 g/mol. The molecule has 0 aliphatic heterocycles. The largest absolute Gasteiger partial charge is 1.00 e. The van der Waals surface area contributed by atoms with E-state index in [4.69, 9.17) is 0 Å². The van der Waals surface area contributed by atoms with Crippen molar-refractivity contribution in [3.63, 3.8) is 0 Å². The third-order valence-corrected chi connectivity index (χ3v) is 2.92. The predicted molar refractivity (Wildman–Crippen MR) is 70.8 cm³/mol. The van der Waals surface area contributed by atoms with E-state index in [0.717, 1.165) is 0 Å². The van der Waals surface area contributed by atoms with Crippen molar-refractivity contribution in [2.45, 2.75) is 4.90 Å². The van der Waals surface area contributed by atoms with Crippen LogP contribution in [0.2, 0.25) is 0 Å². The van der Waals surface area contributed by atoms with E-state index in [1.165, 1.54) is 0 Å². The van der Waals surface area contributed by atoms with Gasteiger partial charge in [0.25, 0.3) is 0 Å². The van der Waals surface area contributed by atoms with Gasteiger partial charge in [-0.25, -0.2) is 8.42 Å². The Hall–Kier alpha value is -0.224. The van der Waals surface area contributed by atoms with Gasteiger partial charge in [-0.3, -0.25) is 0 Å². The third-order valence-electron chi connectivity index (χ3n) is 1.87. The summed E-state index contributed by atoms with van der Waals surface area (Å²) in [5.74, 6) is 0.329. The van der Waals surface area contributed by atoms with Gasteiger partial charge in [0.2, 0.25) is 0 Å². The molecule has 2 aromatic carbocycles. The van der Waals surface area contributed by atoms with Crippen LogP contribution in [0.5, 0.6) is 5.75 Å². The van der Waals surface area contributed by atoms with E-state index in [-0.39, 0.29) is 51.4 Å². The van der Waals surface area contributed by atoms with Crippen molar-refractivity contribution in [2.75, 3.05) is 0 Å². The van der Waals surface area contributed by atoms with Crippen LogP contribution in [0, 0.1) is 0 Å². The molecule has 102 valence electrons. The molecule has 0 heterocycles. The summed E-state index contributed by atoms with van der Waals surface area (Å²) in [4.78, 5) is 0.368. The maximum absolute atomic E-state index is 10.2. The molecule has 8 heteroatoms. The maximum atomic E-state index is 10.2. The van der Waals surface area contributed by atoms with Crippen molar-refractivity contribution in [3.8, 4) is 5.75 Å². The van der Waals surface area contributed by atoms with Crippen molar-refractivity contribution in [1.29, 1.82) is 0 Å². The first kappa shape index (κ1) is 19.8. The minimum Gasteiger partial charge on any atom is -0.533 e. The van der Waals surface area contributed by atoms with Gasteiger partial charge in [0.1, 0.15) is 16.7 Å². The SMILES string of the molecule is O=[S-](=O)Oc1ccccc1.O=[SH](=O)c1ccccc1.[K+]. The molecule has 5 nitrogen and oxygen atoms in total. The molecular weight excluding hydrogens is 327 g/mol. The van der Waals surface area contributed by atoms with Gasteiger partial charge < -0.3 is 12.6 Å². The van der Waals surface area contributed by atoms with Crippen molar-refractivity contribution in [3.05, 3.63) is 60.7 Å². The molecule has 0 amide bonds. The van der Waals surface area contributed by atoms with Crippen LogP contribution in [0.3, 0.4) is 0 Å². The summed E-state index contributed by atoms with van der Waals surface area (Å²) in [6, 6.07) is 16.6. The quantitative estimate of drug-likeness (QED) is 0.439. The van der Waals surface area contributed by atoms with E-state index in [1.54, 1.807) is 60.7 Å². The Labute approximate surface area is 163 Å². The number of hydrogen-bond acceptors (Lipinski definition) is 6. The van der Waals surface area contributed by atoms with E-state index in [2.05, 4.69) is 4.18 Å². The second-order valence-corrected chi connectivity index (χ2v) is 4.80. The zero-order chi connectivity index (χ0) is 14.1. The Morgan fingerprint density at radius 3 is 1.60 bits per heavy atom. The first-order valence-corrected chi connectivity index (χ1v) is 7.29. The summed E-state index contributed by atoms with van der Waals surface area (Å²) >= 11 is 0. The van der Waals surface area contributed by atoms with Crippen LogP contribution < -0.4 is 55.6 Å². The minimum absolute atomic E-state index is 0. The Bertz CT molecular complexity index is 623. The molecule has 0 fully saturated rings. The Morgan fingerprint density at radius 2 is 1.25 bits per heavy atom. The van der Waals surface area contributed by atoms with E-state index in [0.29, 0.717) is 10.6 Å². The Balaban J connectivity index is 0.000000345. The summed E-state index contributed by atoms with van der Waals surface area (Å²) in [7, 11) is -4.86. The molecule has 0 N–H and O–H groups in total. The van der Waals surface area contributed by atoms with Crippen LogP contribution in [-0.4, -0.2) is 8.42 Å². The summed E-state index contributed by atoms with van der Waals surface area (Å²) in [5.41, 5.74) is 0. The fourth-order valence-corrected chi connectivity index (χ4v) is 1.79. The molecule has 0 unspecified atom stereocenters. The number of rotatable bonds is 3. The van der Waals surface area contributed by atoms with Crippen LogP contribution in [0.15, 0.2) is 65.6 Å². The average Bonchev–Trinajstić information content (AvgIpc) is 2.41. The van der Waals surface area contributed by atoms with Crippen molar-refractivity contribution >= 4 is 21.7 Å². The van der Waals surface area contributed by atoms with E-state index in [9.17, 15) is 16.8 Å². The van der Waals surface area contributed by atoms with E-state index in [1.807, 2.05) is 0 Å². The molecule has 0 saturated heterocycles. The molecule has 0 aliphatic carbocycles. The van der Waals surface area contributed by atoms with Crippen LogP contribution >= 0.6 is 0 Å². The molecule has 2 rings (SSSR count). The number of para-hydroxylation sites is 1. The number of hydrogen-bond donors (Lipinski definition) is 1. The summed E-state index contributed by atoms with van der Waals surface area (Å²) in [6.07, 6.45) is 0. The Morgan fingerprint density at radius 1 is 0.800 bits per heavy atom. The first-order valence-electron chi connectivity index (χ1n) is 5.11. The maximum Gasteiger partial charge on any atom is 1.00 e. The molecule has 0 aromatic heterocycles. The number of benzene rings is 2. The van der Waals surface area contributed by atoms with Crippen molar-refractivity contribution in [2.24, 2.45) is 0 Å². The third kappa shape index (κ3) is 8.85. The molecule has 20 heavy (non-hydrogen) atoms. The average molecular weight is 338 g/mol. The van der Waals surface area contributed by atoms with Crippen LogP contribution in [0.1, 0.15) is 0 Å². The molecule has 0 bridgehead atoms. The van der Waals surface area contributed by atoms with Gasteiger partial charge >= 0.3 is 51.4 Å². The van der Waals surface area contributed by atoms with Gasteiger partial charge in [-0.15, -0.1) is 0 Å². The Kier molecular flexibility index (Phi) is 11.3. The summed E-state index contributed by atoms with van der Waals surface area (Å²) in [6.45, 7) is 0. The van der Waals surface area contributed by atoms with Gasteiger partial charge in [0.15, 0.2) is 10.7 Å². The van der Waals surface area contributed by atoms with Crippen molar-refractivity contribution < 1.29 is 72.4 Å². The van der Waals surface area contributed by atoms with Gasteiger partial charge in [-0.1, -0.05) is 36.4 Å². The smallest absolute Gasteiger partial charge is 0.533 e. The van der Waals surface area contributed by atoms with Crippen LogP contribution in [0.4, 0.5) is 0 Å². The molecule has 0 atom stereocenters. The molecule has 2 aromatic rings. The molecule has 0 aliphatic rings. The van der Waals surface area contributed by atoms with Gasteiger partial charge in [-0.2, -0.15) is 0 Å². The van der Waals surface area contributed by atoms with Gasteiger partial charge in [-0.05, 0) is 24.3 Å². The fourth-order valence-electron chi connectivity index (χ4n) is 1.10. The summed E-state index contributed by atoms with van der Waals surface area (Å²) < 4.78 is 44.7. The standard InChI is InChI=1S/C6H5O3S.C6H6O2S.K/c7-10(8)9-6-4-2-1-3-5-6;7-9(8)6-4-2-1-3-5-6;/h1-5H;1-5,9H;/q-1;;+1. The van der Waals surface area contributed by atoms with E-state index >= 15 is 0 Å². The van der Waals surface area contributed by atoms with Crippen LogP contribution in [-0.2, 0) is 30.1 Å². The fraction of sp³-hybridized carbons (Fsp3) is 0. The zero-order valence-electron chi connectivity index (χ0n) is 10.7. The predicted octanol–water partition coefficient (Wildman–Crippen LogP) is -1.05. The molecule has 0 spiro atoms. The van der Waals surface area contributed by atoms with Gasteiger partial charge in [0, 0.05) is 0 Å².